The molecule has 8 heteroatoms. The fourth-order valence-electron chi connectivity index (χ4n) is 1.43. The van der Waals surface area contributed by atoms with E-state index in [2.05, 4.69) is 15.3 Å². The Morgan fingerprint density at radius 3 is 2.82 bits per heavy atom. The van der Waals surface area contributed by atoms with Crippen LogP contribution in [0.15, 0.2) is 12.3 Å². The van der Waals surface area contributed by atoms with Crippen molar-refractivity contribution in [1.29, 1.82) is 0 Å². The first-order valence-corrected chi connectivity index (χ1v) is 4.60. The fraction of sp³-hybridized carbons (Fsp3) is 0.222. The van der Waals surface area contributed by atoms with Crippen molar-refractivity contribution in [2.24, 2.45) is 7.05 Å². The van der Waals surface area contributed by atoms with Crippen LogP contribution in [0.4, 0.5) is 8.78 Å². The second-order valence-corrected chi connectivity index (χ2v) is 3.37. The number of aromatic carboxylic acids is 1. The third-order valence-electron chi connectivity index (χ3n) is 2.15. The monoisotopic (exact) mass is 242 g/mol. The number of H-pyrrole nitrogens is 1. The zero-order chi connectivity index (χ0) is 12.6. The number of aromatic nitrogens is 4. The van der Waals surface area contributed by atoms with Gasteiger partial charge in [0.1, 0.15) is 11.4 Å². The number of aromatic amines is 1. The van der Waals surface area contributed by atoms with Crippen LogP contribution in [-0.4, -0.2) is 31.1 Å². The van der Waals surface area contributed by atoms with Crippen molar-refractivity contribution in [3.8, 4) is 11.3 Å². The molecule has 0 aromatic carbocycles. The van der Waals surface area contributed by atoms with Crippen LogP contribution in [-0.2, 0) is 7.05 Å². The minimum atomic E-state index is -2.74. The minimum Gasteiger partial charge on any atom is -0.477 e. The Bertz CT molecular complexity index is 561. The Morgan fingerprint density at radius 2 is 2.29 bits per heavy atom. The smallest absolute Gasteiger partial charge is 0.353 e. The van der Waals surface area contributed by atoms with Gasteiger partial charge in [-0.25, -0.2) is 13.6 Å². The quantitative estimate of drug-likeness (QED) is 0.853. The number of carbonyl (C=O) groups is 1. The summed E-state index contributed by atoms with van der Waals surface area (Å²) in [4.78, 5) is 10.6. The highest BCUT2D eigenvalue weighted by Crippen LogP contribution is 2.28. The van der Waals surface area contributed by atoms with Crippen molar-refractivity contribution in [2.45, 2.75) is 6.43 Å². The summed E-state index contributed by atoms with van der Waals surface area (Å²) in [5.41, 5.74) is -0.336. The largest absolute Gasteiger partial charge is 0.477 e. The van der Waals surface area contributed by atoms with Gasteiger partial charge in [0.2, 0.25) is 0 Å². The summed E-state index contributed by atoms with van der Waals surface area (Å²) < 4.78 is 26.6. The van der Waals surface area contributed by atoms with Crippen molar-refractivity contribution in [1.82, 2.24) is 20.0 Å². The molecule has 0 saturated heterocycles. The first-order chi connectivity index (χ1) is 7.99. The standard InChI is InChI=1S/C9H8F2N4O2/c1-15-3-4(7(14-15)8(10)11)5-2-6(9(16)17)13-12-5/h2-3,8H,1H3,(H,12,13)(H,16,17). The molecule has 17 heavy (non-hydrogen) atoms. The molecule has 0 radical (unpaired) electrons. The molecule has 0 bridgehead atoms. The molecule has 0 amide bonds. The molecule has 0 aliphatic heterocycles. The highest BCUT2D eigenvalue weighted by Gasteiger charge is 2.21. The lowest BCUT2D eigenvalue weighted by Gasteiger charge is -1.95. The van der Waals surface area contributed by atoms with Crippen LogP contribution < -0.4 is 0 Å². The Morgan fingerprint density at radius 1 is 1.59 bits per heavy atom. The topological polar surface area (TPSA) is 83.8 Å². The molecular weight excluding hydrogens is 234 g/mol. The highest BCUT2D eigenvalue weighted by atomic mass is 19.3. The lowest BCUT2D eigenvalue weighted by atomic mass is 10.2. The summed E-state index contributed by atoms with van der Waals surface area (Å²) in [5.74, 6) is -1.20. The van der Waals surface area contributed by atoms with Crippen LogP contribution in [0.1, 0.15) is 22.6 Å². The SMILES string of the molecule is Cn1cc(-c2cc(C(=O)O)[nH]n2)c(C(F)F)n1. The summed E-state index contributed by atoms with van der Waals surface area (Å²) in [6.45, 7) is 0. The predicted octanol–water partition coefficient (Wildman–Crippen LogP) is 1.45. The molecule has 90 valence electrons. The van der Waals surface area contributed by atoms with Gasteiger partial charge in [-0.2, -0.15) is 10.2 Å². The number of carboxylic acids is 1. The molecule has 0 spiro atoms. The van der Waals surface area contributed by atoms with Gasteiger partial charge in [-0.1, -0.05) is 0 Å². The summed E-state index contributed by atoms with van der Waals surface area (Å²) in [6, 6.07) is 1.19. The third-order valence-corrected chi connectivity index (χ3v) is 2.15. The Labute approximate surface area is 93.9 Å². The normalized spacial score (nSPS) is 11.1. The number of rotatable bonds is 3. The average molecular weight is 242 g/mol. The lowest BCUT2D eigenvalue weighted by molar-refractivity contribution is 0.0690. The lowest BCUT2D eigenvalue weighted by Crippen LogP contribution is -1.95. The maximum atomic E-state index is 12.7. The number of nitrogens with zero attached hydrogens (tertiary/aromatic N) is 3. The van der Waals surface area contributed by atoms with Gasteiger partial charge in [0.25, 0.3) is 6.43 Å². The van der Waals surface area contributed by atoms with E-state index in [1.165, 1.54) is 24.0 Å². The van der Waals surface area contributed by atoms with Gasteiger partial charge in [0, 0.05) is 18.8 Å². The number of hydrogen-bond acceptors (Lipinski definition) is 3. The van der Waals surface area contributed by atoms with E-state index in [0.29, 0.717) is 0 Å². The van der Waals surface area contributed by atoms with E-state index < -0.39 is 18.1 Å². The molecule has 2 aromatic heterocycles. The molecule has 0 saturated carbocycles. The Hall–Kier alpha value is -2.25. The molecule has 6 nitrogen and oxygen atoms in total. The predicted molar refractivity (Wildman–Crippen MR) is 52.7 cm³/mol. The summed E-state index contributed by atoms with van der Waals surface area (Å²) >= 11 is 0. The second-order valence-electron chi connectivity index (χ2n) is 3.37. The molecule has 2 rings (SSSR count). The highest BCUT2D eigenvalue weighted by molar-refractivity contribution is 5.86. The summed E-state index contributed by atoms with van der Waals surface area (Å²) in [6.07, 6.45) is -1.38. The van der Waals surface area contributed by atoms with Crippen molar-refractivity contribution in [3.63, 3.8) is 0 Å². The van der Waals surface area contributed by atoms with Crippen molar-refractivity contribution >= 4 is 5.97 Å². The number of hydrogen-bond donors (Lipinski definition) is 2. The van der Waals surface area contributed by atoms with Gasteiger partial charge in [0.15, 0.2) is 0 Å². The van der Waals surface area contributed by atoms with E-state index in [1.54, 1.807) is 0 Å². The van der Waals surface area contributed by atoms with E-state index in [9.17, 15) is 13.6 Å². The fourth-order valence-corrected chi connectivity index (χ4v) is 1.43. The number of nitrogens with one attached hydrogen (secondary N) is 1. The third kappa shape index (κ3) is 2.01. The van der Waals surface area contributed by atoms with Gasteiger partial charge in [-0.15, -0.1) is 0 Å². The van der Waals surface area contributed by atoms with Crippen LogP contribution in [0.3, 0.4) is 0 Å². The first-order valence-electron chi connectivity index (χ1n) is 4.60. The zero-order valence-electron chi connectivity index (χ0n) is 8.69. The van der Waals surface area contributed by atoms with E-state index in [1.807, 2.05) is 0 Å². The average Bonchev–Trinajstić information content (AvgIpc) is 2.82. The van der Waals surface area contributed by atoms with Gasteiger partial charge < -0.3 is 5.11 Å². The van der Waals surface area contributed by atoms with Crippen molar-refractivity contribution in [2.75, 3.05) is 0 Å². The second kappa shape index (κ2) is 3.96. The van der Waals surface area contributed by atoms with Gasteiger partial charge in [-0.05, 0) is 6.07 Å². The summed E-state index contributed by atoms with van der Waals surface area (Å²) in [5, 5.41) is 18.2. The molecular formula is C9H8F2N4O2. The van der Waals surface area contributed by atoms with E-state index in [-0.39, 0.29) is 17.0 Å². The molecule has 0 aliphatic carbocycles. The van der Waals surface area contributed by atoms with E-state index in [4.69, 9.17) is 5.11 Å². The molecule has 0 fully saturated rings. The van der Waals surface area contributed by atoms with Crippen LogP contribution in [0, 0.1) is 0 Å². The van der Waals surface area contributed by atoms with Gasteiger partial charge in [-0.3, -0.25) is 9.78 Å². The van der Waals surface area contributed by atoms with E-state index in [0.717, 1.165) is 0 Å². The Balaban J connectivity index is 2.48. The van der Waals surface area contributed by atoms with Crippen LogP contribution in [0.2, 0.25) is 0 Å². The maximum Gasteiger partial charge on any atom is 0.353 e. The van der Waals surface area contributed by atoms with Crippen LogP contribution >= 0.6 is 0 Å². The number of carboxylic acid groups (broad SMARTS) is 1. The van der Waals surface area contributed by atoms with Crippen molar-refractivity contribution < 1.29 is 18.7 Å². The molecule has 2 N–H and O–H groups in total. The number of alkyl halides is 2. The molecule has 0 atom stereocenters. The Kier molecular flexibility index (Phi) is 2.62. The maximum absolute atomic E-state index is 12.7. The molecule has 2 aromatic rings. The van der Waals surface area contributed by atoms with Crippen molar-refractivity contribution in [3.05, 3.63) is 23.7 Å². The van der Waals surface area contributed by atoms with E-state index >= 15 is 0 Å². The zero-order valence-corrected chi connectivity index (χ0v) is 8.69. The number of halogens is 2. The van der Waals surface area contributed by atoms with Gasteiger partial charge >= 0.3 is 5.97 Å². The summed E-state index contributed by atoms with van der Waals surface area (Å²) in [7, 11) is 1.50. The minimum absolute atomic E-state index is 0.117. The number of aryl methyl sites for hydroxylation is 1. The first kappa shape index (κ1) is 11.2. The van der Waals surface area contributed by atoms with Crippen LogP contribution in [0.5, 0.6) is 0 Å². The molecule has 0 aliphatic rings. The molecule has 2 heterocycles. The molecule has 0 unspecified atom stereocenters. The van der Waals surface area contributed by atoms with Gasteiger partial charge in [0.05, 0.1) is 5.69 Å². The van der Waals surface area contributed by atoms with Crippen LogP contribution in [0.25, 0.3) is 11.3 Å².